The van der Waals surface area contributed by atoms with Crippen LogP contribution in [-0.4, -0.2) is 65.1 Å². The molecular weight excluding hydrogens is 440 g/mol. The first kappa shape index (κ1) is 23.3. The molecule has 2 aliphatic heterocycles. The van der Waals surface area contributed by atoms with Crippen LogP contribution >= 0.6 is 0 Å². The molecule has 2 fully saturated rings. The Morgan fingerprint density at radius 1 is 0.857 bits per heavy atom. The van der Waals surface area contributed by atoms with Crippen LogP contribution in [0.4, 0.5) is 17.8 Å². The van der Waals surface area contributed by atoms with Gasteiger partial charge in [-0.1, -0.05) is 17.7 Å². The number of piperidine rings is 1. The Hall–Kier alpha value is -3.46. The number of hydrogen-bond donors (Lipinski definition) is 1. The number of rotatable bonds is 6. The Morgan fingerprint density at radius 3 is 2.20 bits per heavy atom. The van der Waals surface area contributed by atoms with Crippen molar-refractivity contribution in [3.63, 3.8) is 0 Å². The van der Waals surface area contributed by atoms with Gasteiger partial charge in [0.05, 0.1) is 19.4 Å². The Labute approximate surface area is 206 Å². The number of hydrazone groups is 1. The van der Waals surface area contributed by atoms with E-state index >= 15 is 0 Å². The molecule has 9 nitrogen and oxygen atoms in total. The van der Waals surface area contributed by atoms with Gasteiger partial charge in [0, 0.05) is 48.8 Å². The molecule has 1 N–H and O–H groups in total. The van der Waals surface area contributed by atoms with Crippen molar-refractivity contribution in [1.82, 2.24) is 19.5 Å². The summed E-state index contributed by atoms with van der Waals surface area (Å²) in [6.07, 6.45) is 5.42. The van der Waals surface area contributed by atoms with Gasteiger partial charge in [-0.25, -0.2) is 5.43 Å². The van der Waals surface area contributed by atoms with Crippen molar-refractivity contribution in [1.29, 1.82) is 0 Å². The van der Waals surface area contributed by atoms with Crippen LogP contribution in [0, 0.1) is 20.8 Å². The van der Waals surface area contributed by atoms with Gasteiger partial charge in [-0.3, -0.25) is 0 Å². The second-order valence-electron chi connectivity index (χ2n) is 9.27. The van der Waals surface area contributed by atoms with Crippen molar-refractivity contribution < 1.29 is 4.74 Å². The van der Waals surface area contributed by atoms with Crippen molar-refractivity contribution in [3.05, 3.63) is 52.8 Å². The first-order chi connectivity index (χ1) is 17.1. The van der Waals surface area contributed by atoms with Gasteiger partial charge in [0.2, 0.25) is 17.8 Å². The number of nitrogens with zero attached hydrogens (tertiary/aromatic N) is 7. The molecule has 0 unspecified atom stereocenters. The molecule has 0 saturated carbocycles. The molecule has 0 radical (unpaired) electrons. The van der Waals surface area contributed by atoms with Crippen LogP contribution in [0.1, 0.15) is 41.8 Å². The van der Waals surface area contributed by atoms with E-state index in [2.05, 4.69) is 81.0 Å². The molecule has 2 aromatic heterocycles. The Kier molecular flexibility index (Phi) is 6.94. The van der Waals surface area contributed by atoms with E-state index in [4.69, 9.17) is 14.7 Å². The van der Waals surface area contributed by atoms with E-state index < -0.39 is 0 Å². The molecule has 0 aliphatic carbocycles. The van der Waals surface area contributed by atoms with E-state index in [0.717, 1.165) is 67.6 Å². The number of ether oxygens (including phenoxy) is 1. The molecule has 0 atom stereocenters. The molecule has 1 aromatic carbocycles. The minimum Gasteiger partial charge on any atom is -0.378 e. The minimum absolute atomic E-state index is 0.464. The highest BCUT2D eigenvalue weighted by atomic mass is 16.5. The van der Waals surface area contributed by atoms with Crippen molar-refractivity contribution in [3.8, 4) is 5.69 Å². The quantitative estimate of drug-likeness (QED) is 0.429. The highest BCUT2D eigenvalue weighted by Crippen LogP contribution is 2.22. The molecule has 3 aromatic rings. The largest absolute Gasteiger partial charge is 0.378 e. The van der Waals surface area contributed by atoms with Crippen LogP contribution in [0.5, 0.6) is 0 Å². The highest BCUT2D eigenvalue weighted by Gasteiger charge is 2.20. The average Bonchev–Trinajstić information content (AvgIpc) is 3.18. The lowest BCUT2D eigenvalue weighted by Gasteiger charge is -2.30. The lowest BCUT2D eigenvalue weighted by Crippen LogP contribution is -2.38. The van der Waals surface area contributed by atoms with Gasteiger partial charge in [0.25, 0.3) is 0 Å². The van der Waals surface area contributed by atoms with E-state index in [1.54, 1.807) is 0 Å². The summed E-state index contributed by atoms with van der Waals surface area (Å²) in [5, 5.41) is 4.50. The maximum Gasteiger partial charge on any atom is 0.250 e. The first-order valence-electron chi connectivity index (χ1n) is 12.5. The van der Waals surface area contributed by atoms with Gasteiger partial charge in [-0.2, -0.15) is 20.1 Å². The zero-order valence-electron chi connectivity index (χ0n) is 20.9. The maximum atomic E-state index is 5.51. The summed E-state index contributed by atoms with van der Waals surface area (Å²) in [6.45, 7) is 11.2. The number of aromatic nitrogens is 4. The van der Waals surface area contributed by atoms with Crippen molar-refractivity contribution in [2.75, 3.05) is 54.6 Å². The monoisotopic (exact) mass is 474 g/mol. The second-order valence-corrected chi connectivity index (χ2v) is 9.27. The molecular formula is C26H34N8O. The van der Waals surface area contributed by atoms with Gasteiger partial charge in [0.15, 0.2) is 0 Å². The van der Waals surface area contributed by atoms with Gasteiger partial charge < -0.3 is 19.1 Å². The van der Waals surface area contributed by atoms with Crippen LogP contribution in [0.15, 0.2) is 35.4 Å². The number of benzene rings is 1. The summed E-state index contributed by atoms with van der Waals surface area (Å²) in [6, 6.07) is 10.7. The summed E-state index contributed by atoms with van der Waals surface area (Å²) in [4.78, 5) is 18.6. The Balaban J connectivity index is 1.38. The van der Waals surface area contributed by atoms with E-state index in [1.807, 2.05) is 6.21 Å². The predicted octanol–water partition coefficient (Wildman–Crippen LogP) is 3.86. The number of nitrogens with one attached hydrogen (secondary N) is 1. The Bertz CT molecular complexity index is 1140. The topological polar surface area (TPSA) is 83.7 Å². The summed E-state index contributed by atoms with van der Waals surface area (Å²) in [5.41, 5.74) is 8.82. The third-order valence-electron chi connectivity index (χ3n) is 6.68. The summed E-state index contributed by atoms with van der Waals surface area (Å²) in [7, 11) is 0. The normalized spacial score (nSPS) is 16.8. The maximum absolute atomic E-state index is 5.51. The zero-order chi connectivity index (χ0) is 24.2. The lowest BCUT2D eigenvalue weighted by atomic mass is 10.1. The smallest absolute Gasteiger partial charge is 0.250 e. The summed E-state index contributed by atoms with van der Waals surface area (Å²) in [5.74, 6) is 1.86. The fraction of sp³-hybridized carbons (Fsp3) is 0.462. The van der Waals surface area contributed by atoms with Crippen LogP contribution < -0.4 is 15.2 Å². The third kappa shape index (κ3) is 5.30. The van der Waals surface area contributed by atoms with Crippen LogP contribution in [0.25, 0.3) is 5.69 Å². The molecule has 0 bridgehead atoms. The van der Waals surface area contributed by atoms with E-state index in [0.29, 0.717) is 25.1 Å². The molecule has 2 aliphatic rings. The molecule has 2 saturated heterocycles. The number of aryl methyl sites for hydroxylation is 2. The summed E-state index contributed by atoms with van der Waals surface area (Å²) < 4.78 is 7.75. The molecule has 4 heterocycles. The van der Waals surface area contributed by atoms with Gasteiger partial charge in [-0.15, -0.1) is 0 Å². The van der Waals surface area contributed by atoms with Crippen LogP contribution in [-0.2, 0) is 4.74 Å². The molecule has 0 amide bonds. The second kappa shape index (κ2) is 10.4. The summed E-state index contributed by atoms with van der Waals surface area (Å²) >= 11 is 0. The molecule has 0 spiro atoms. The molecule has 184 valence electrons. The van der Waals surface area contributed by atoms with E-state index in [9.17, 15) is 0 Å². The zero-order valence-corrected chi connectivity index (χ0v) is 20.9. The number of morpholine rings is 1. The Morgan fingerprint density at radius 2 is 1.51 bits per heavy atom. The molecule has 35 heavy (non-hydrogen) atoms. The first-order valence-corrected chi connectivity index (χ1v) is 12.5. The van der Waals surface area contributed by atoms with Gasteiger partial charge in [-0.05, 0) is 58.2 Å². The SMILES string of the molecule is Cc1ccc(-n2c(C)cc(C=NNc3nc(N4CCCCC4)nc(N4CCOCC4)n3)c2C)cc1. The van der Waals surface area contributed by atoms with Gasteiger partial charge >= 0.3 is 0 Å². The van der Waals surface area contributed by atoms with Gasteiger partial charge in [0.1, 0.15) is 0 Å². The van der Waals surface area contributed by atoms with E-state index in [-0.39, 0.29) is 0 Å². The van der Waals surface area contributed by atoms with Crippen LogP contribution in [0.2, 0.25) is 0 Å². The van der Waals surface area contributed by atoms with E-state index in [1.165, 1.54) is 12.0 Å². The molecule has 5 rings (SSSR count). The highest BCUT2D eigenvalue weighted by molar-refractivity contribution is 5.82. The predicted molar refractivity (Wildman–Crippen MR) is 140 cm³/mol. The minimum atomic E-state index is 0.464. The number of hydrogen-bond acceptors (Lipinski definition) is 8. The lowest BCUT2D eigenvalue weighted by molar-refractivity contribution is 0.122. The average molecular weight is 475 g/mol. The number of anilines is 3. The van der Waals surface area contributed by atoms with Crippen molar-refractivity contribution >= 4 is 24.1 Å². The standard InChI is InChI=1S/C26H34N8O/c1-19-7-9-23(10-8-19)34-20(2)17-22(21(34)3)18-27-31-24-28-25(32-11-5-4-6-12-32)30-26(29-24)33-13-15-35-16-14-33/h7-10,17-18H,4-6,11-16H2,1-3H3,(H,28,29,30,31). The van der Waals surface area contributed by atoms with Crippen LogP contribution in [0.3, 0.4) is 0 Å². The fourth-order valence-electron chi connectivity index (χ4n) is 4.71. The fourth-order valence-corrected chi connectivity index (χ4v) is 4.71. The van der Waals surface area contributed by atoms with Crippen molar-refractivity contribution in [2.45, 2.75) is 40.0 Å². The third-order valence-corrected chi connectivity index (χ3v) is 6.68. The molecule has 9 heteroatoms. The van der Waals surface area contributed by atoms with Crippen molar-refractivity contribution in [2.24, 2.45) is 5.10 Å².